The van der Waals surface area contributed by atoms with E-state index in [1.807, 2.05) is 36.0 Å². The number of rotatable bonds is 4. The Bertz CT molecular complexity index is 968. The van der Waals surface area contributed by atoms with Crippen molar-refractivity contribution in [3.8, 4) is 0 Å². The molecule has 1 fully saturated rings. The van der Waals surface area contributed by atoms with E-state index >= 15 is 0 Å². The predicted octanol–water partition coefficient (Wildman–Crippen LogP) is 0.619. The lowest BCUT2D eigenvalue weighted by atomic mass is 10.1. The van der Waals surface area contributed by atoms with E-state index in [0.29, 0.717) is 9.87 Å². The van der Waals surface area contributed by atoms with Crippen LogP contribution in [0.15, 0.2) is 30.5 Å². The molecule has 0 unspecified atom stereocenters. The van der Waals surface area contributed by atoms with Gasteiger partial charge in [-0.05, 0) is 29.1 Å². The molecule has 0 spiro atoms. The number of urea groups is 2. The van der Waals surface area contributed by atoms with Gasteiger partial charge in [-0.2, -0.15) is 0 Å². The Kier molecular flexibility index (Phi) is 4.63. The third-order valence-corrected chi connectivity index (χ3v) is 5.50. The zero-order valence-electron chi connectivity index (χ0n) is 14.4. The van der Waals surface area contributed by atoms with Gasteiger partial charge in [0, 0.05) is 25.3 Å². The van der Waals surface area contributed by atoms with E-state index in [0.717, 1.165) is 22.1 Å². The van der Waals surface area contributed by atoms with E-state index in [2.05, 4.69) is 5.32 Å². The molecule has 0 aliphatic carbocycles. The van der Waals surface area contributed by atoms with Crippen molar-refractivity contribution < 1.29 is 23.1 Å². The molecule has 1 aromatic carbocycles. The molecule has 2 aromatic rings. The van der Waals surface area contributed by atoms with Crippen molar-refractivity contribution in [3.63, 3.8) is 0 Å². The number of benzene rings is 1. The van der Waals surface area contributed by atoms with E-state index in [-0.39, 0.29) is 19.6 Å². The van der Waals surface area contributed by atoms with Crippen LogP contribution >= 0.6 is 0 Å². The fourth-order valence-electron chi connectivity index (χ4n) is 2.92. The van der Waals surface area contributed by atoms with Crippen LogP contribution in [0, 0.1) is 0 Å². The first-order chi connectivity index (χ1) is 12.2. The molecule has 0 bridgehead atoms. The maximum Gasteiger partial charge on any atom is 0.341 e. The number of hydrogen-bond donors (Lipinski definition) is 2. The first-order valence-corrected chi connectivity index (χ1v) is 9.83. The Balaban J connectivity index is 1.62. The molecule has 1 aliphatic rings. The minimum Gasteiger partial charge on any atom is -0.387 e. The summed E-state index contributed by atoms with van der Waals surface area (Å²) in [5, 5.41) is 13.7. The first-order valence-electron chi connectivity index (χ1n) is 7.98. The SMILES string of the molecule is Cn1ccc2cc([C@@H](O)CNC(=O)N3CCN(S(C)(=O)=O)C3=O)ccc21. The molecule has 0 saturated carbocycles. The van der Waals surface area contributed by atoms with Gasteiger partial charge in [-0.1, -0.05) is 6.07 Å². The normalized spacial score (nSPS) is 16.3. The highest BCUT2D eigenvalue weighted by atomic mass is 32.2. The number of aliphatic hydroxyl groups excluding tert-OH is 1. The van der Waals surface area contributed by atoms with E-state index in [4.69, 9.17) is 0 Å². The van der Waals surface area contributed by atoms with Crippen molar-refractivity contribution >= 4 is 33.0 Å². The predicted molar refractivity (Wildman–Crippen MR) is 94.9 cm³/mol. The van der Waals surface area contributed by atoms with Gasteiger partial charge < -0.3 is 15.0 Å². The van der Waals surface area contributed by atoms with Gasteiger partial charge in [-0.3, -0.25) is 0 Å². The molecule has 1 aliphatic heterocycles. The van der Waals surface area contributed by atoms with Gasteiger partial charge in [0.15, 0.2) is 0 Å². The van der Waals surface area contributed by atoms with E-state index in [1.54, 1.807) is 6.07 Å². The maximum atomic E-state index is 12.1. The molecule has 140 valence electrons. The standard InChI is InChI=1S/C16H20N4O5S/c1-18-6-5-11-9-12(3-4-13(11)18)14(21)10-17-15(22)19-7-8-20(16(19)23)26(2,24)25/h3-6,9,14,21H,7-8,10H2,1-2H3,(H,17,22)/t14-/m0/s1. The highest BCUT2D eigenvalue weighted by molar-refractivity contribution is 7.88. The number of amides is 4. The molecular weight excluding hydrogens is 360 g/mol. The summed E-state index contributed by atoms with van der Waals surface area (Å²) in [6.45, 7) is -0.193. The average molecular weight is 380 g/mol. The lowest BCUT2D eigenvalue weighted by Crippen LogP contribution is -2.44. The molecule has 1 aromatic heterocycles. The van der Waals surface area contributed by atoms with Crippen LogP contribution in [0.25, 0.3) is 10.9 Å². The lowest BCUT2D eigenvalue weighted by Gasteiger charge is -2.18. The van der Waals surface area contributed by atoms with Crippen molar-refractivity contribution in [2.75, 3.05) is 25.9 Å². The summed E-state index contributed by atoms with van der Waals surface area (Å²) >= 11 is 0. The van der Waals surface area contributed by atoms with E-state index < -0.39 is 28.2 Å². The van der Waals surface area contributed by atoms with Crippen LogP contribution in [0.3, 0.4) is 0 Å². The number of carbonyl (C=O) groups is 2. The van der Waals surface area contributed by atoms with Crippen molar-refractivity contribution in [3.05, 3.63) is 36.0 Å². The van der Waals surface area contributed by atoms with Crippen molar-refractivity contribution in [2.45, 2.75) is 6.10 Å². The van der Waals surface area contributed by atoms with Gasteiger partial charge in [0.05, 0.1) is 25.4 Å². The molecule has 1 saturated heterocycles. The summed E-state index contributed by atoms with van der Waals surface area (Å²) in [7, 11) is -1.78. The molecular formula is C16H20N4O5S. The van der Waals surface area contributed by atoms with Gasteiger partial charge in [-0.15, -0.1) is 0 Å². The maximum absolute atomic E-state index is 12.1. The molecule has 0 radical (unpaired) electrons. The van der Waals surface area contributed by atoms with Crippen LogP contribution < -0.4 is 5.32 Å². The first kappa shape index (κ1) is 18.2. The molecule has 26 heavy (non-hydrogen) atoms. The van der Waals surface area contributed by atoms with Crippen molar-refractivity contribution in [1.82, 2.24) is 19.1 Å². The highest BCUT2D eigenvalue weighted by Crippen LogP contribution is 2.21. The number of aromatic nitrogens is 1. The Morgan fingerprint density at radius 3 is 2.69 bits per heavy atom. The second-order valence-electron chi connectivity index (χ2n) is 6.22. The van der Waals surface area contributed by atoms with Crippen LogP contribution in [0.5, 0.6) is 0 Å². The largest absolute Gasteiger partial charge is 0.387 e. The Labute approximate surface area is 150 Å². The van der Waals surface area contributed by atoms with Crippen LogP contribution in [0.1, 0.15) is 11.7 Å². The van der Waals surface area contributed by atoms with Crippen LogP contribution in [-0.4, -0.2) is 65.2 Å². The molecule has 1 atom stereocenters. The Morgan fingerprint density at radius 1 is 1.31 bits per heavy atom. The zero-order chi connectivity index (χ0) is 19.1. The number of sulfonamides is 1. The second kappa shape index (κ2) is 6.61. The Hall–Kier alpha value is -2.59. The summed E-state index contributed by atoms with van der Waals surface area (Å²) in [6, 6.07) is 5.78. The summed E-state index contributed by atoms with van der Waals surface area (Å²) in [5.74, 6) is 0. The monoisotopic (exact) mass is 380 g/mol. The number of nitrogens with one attached hydrogen (secondary N) is 1. The fraction of sp³-hybridized carbons (Fsp3) is 0.375. The molecule has 9 nitrogen and oxygen atoms in total. The Morgan fingerprint density at radius 2 is 2.04 bits per heavy atom. The molecule has 2 N–H and O–H groups in total. The molecule has 10 heteroatoms. The number of aryl methyl sites for hydroxylation is 1. The number of imide groups is 1. The summed E-state index contributed by atoms with van der Waals surface area (Å²) in [5.41, 5.74) is 1.66. The third-order valence-electron chi connectivity index (χ3n) is 4.36. The van der Waals surface area contributed by atoms with Gasteiger partial charge in [0.1, 0.15) is 0 Å². The molecule has 3 rings (SSSR count). The smallest absolute Gasteiger partial charge is 0.341 e. The average Bonchev–Trinajstić information content (AvgIpc) is 3.15. The number of aliphatic hydroxyl groups is 1. The topological polar surface area (TPSA) is 112 Å². The van der Waals surface area contributed by atoms with Gasteiger partial charge in [0.25, 0.3) is 0 Å². The lowest BCUT2D eigenvalue weighted by molar-refractivity contribution is 0.164. The van der Waals surface area contributed by atoms with Gasteiger partial charge in [0.2, 0.25) is 10.0 Å². The summed E-state index contributed by atoms with van der Waals surface area (Å²) in [6.07, 6.45) is 1.87. The number of nitrogens with zero attached hydrogens (tertiary/aromatic N) is 3. The van der Waals surface area contributed by atoms with Crippen LogP contribution in [0.2, 0.25) is 0 Å². The minimum atomic E-state index is -3.70. The summed E-state index contributed by atoms with van der Waals surface area (Å²) in [4.78, 5) is 25.0. The van der Waals surface area contributed by atoms with Crippen molar-refractivity contribution in [1.29, 1.82) is 0 Å². The second-order valence-corrected chi connectivity index (χ2v) is 8.12. The fourth-order valence-corrected chi connectivity index (χ4v) is 3.71. The van der Waals surface area contributed by atoms with Crippen LogP contribution in [0.4, 0.5) is 9.59 Å². The zero-order valence-corrected chi connectivity index (χ0v) is 15.2. The molecule has 2 heterocycles. The van der Waals surface area contributed by atoms with Crippen LogP contribution in [-0.2, 0) is 17.1 Å². The van der Waals surface area contributed by atoms with Crippen molar-refractivity contribution in [2.24, 2.45) is 7.05 Å². The number of fused-ring (bicyclic) bond motifs is 1. The summed E-state index contributed by atoms with van der Waals surface area (Å²) < 4.78 is 25.6. The van der Waals surface area contributed by atoms with E-state index in [1.165, 1.54) is 0 Å². The quantitative estimate of drug-likeness (QED) is 0.808. The van der Waals surface area contributed by atoms with Gasteiger partial charge in [-0.25, -0.2) is 27.2 Å². The minimum absolute atomic E-state index is 0.0240. The highest BCUT2D eigenvalue weighted by Gasteiger charge is 2.38. The third kappa shape index (κ3) is 3.37. The number of carbonyl (C=O) groups excluding carboxylic acids is 2. The van der Waals surface area contributed by atoms with Gasteiger partial charge >= 0.3 is 12.1 Å². The molecule has 4 amide bonds. The number of hydrogen-bond acceptors (Lipinski definition) is 5. The van der Waals surface area contributed by atoms with E-state index in [9.17, 15) is 23.1 Å².